The summed E-state index contributed by atoms with van der Waals surface area (Å²) in [5.41, 5.74) is -1.19. The molecule has 0 bridgehead atoms. The van der Waals surface area contributed by atoms with Crippen LogP contribution >= 0.6 is 11.6 Å². The third-order valence-electron chi connectivity index (χ3n) is 3.65. The molecular weight excluding hydrogens is 387 g/mol. The van der Waals surface area contributed by atoms with E-state index in [9.17, 15) is 18.0 Å². The van der Waals surface area contributed by atoms with Gasteiger partial charge < -0.3 is 9.47 Å². The minimum absolute atomic E-state index is 0.0835. The number of halogens is 4. The van der Waals surface area contributed by atoms with Gasteiger partial charge in [0.05, 0.1) is 10.6 Å². The fourth-order valence-corrected chi connectivity index (χ4v) is 2.37. The maximum atomic E-state index is 12.7. The highest BCUT2D eigenvalue weighted by Gasteiger charge is 2.31. The summed E-state index contributed by atoms with van der Waals surface area (Å²) in [7, 11) is 1.56. The highest BCUT2D eigenvalue weighted by Crippen LogP contribution is 2.36. The predicted octanol–water partition coefficient (Wildman–Crippen LogP) is 4.15. The molecule has 10 heteroatoms. The Kier molecular flexibility index (Phi) is 5.13. The first-order valence-corrected chi connectivity index (χ1v) is 7.99. The van der Waals surface area contributed by atoms with E-state index in [0.29, 0.717) is 17.3 Å². The molecule has 0 aliphatic carbocycles. The monoisotopic (exact) mass is 399 g/mol. The molecule has 0 atom stereocenters. The van der Waals surface area contributed by atoms with Gasteiger partial charge in [0, 0.05) is 7.05 Å². The van der Waals surface area contributed by atoms with Crippen LogP contribution in [0.5, 0.6) is 17.2 Å². The quantitative estimate of drug-likeness (QED) is 0.699. The molecule has 2 aromatic carbocycles. The zero-order valence-corrected chi connectivity index (χ0v) is 14.6. The number of nitrogens with zero attached hydrogens (tertiary/aromatic N) is 2. The van der Waals surface area contributed by atoms with Crippen LogP contribution in [0.4, 0.5) is 13.2 Å². The van der Waals surface area contributed by atoms with Crippen molar-refractivity contribution in [1.82, 2.24) is 14.8 Å². The molecule has 0 spiro atoms. The zero-order valence-electron chi connectivity index (χ0n) is 13.9. The van der Waals surface area contributed by atoms with Crippen molar-refractivity contribution in [2.75, 3.05) is 0 Å². The van der Waals surface area contributed by atoms with Crippen LogP contribution in [0.25, 0.3) is 0 Å². The SMILES string of the molecule is Cn1c(COc2ccc(Oc3ccc(C(F)(F)F)cc3Cl)cc2)n[nH]c1=O. The normalized spacial score (nSPS) is 11.4. The lowest BCUT2D eigenvalue weighted by atomic mass is 10.2. The van der Waals surface area contributed by atoms with E-state index in [2.05, 4.69) is 10.2 Å². The molecule has 3 aromatic rings. The highest BCUT2D eigenvalue weighted by molar-refractivity contribution is 6.32. The van der Waals surface area contributed by atoms with Crippen molar-refractivity contribution in [3.63, 3.8) is 0 Å². The van der Waals surface area contributed by atoms with Crippen molar-refractivity contribution in [3.05, 3.63) is 69.4 Å². The fraction of sp³-hybridized carbons (Fsp3) is 0.176. The van der Waals surface area contributed by atoms with Crippen LogP contribution in [0.3, 0.4) is 0 Å². The van der Waals surface area contributed by atoms with Gasteiger partial charge in [-0.3, -0.25) is 4.57 Å². The third-order valence-corrected chi connectivity index (χ3v) is 3.95. The first-order valence-electron chi connectivity index (χ1n) is 7.62. The molecule has 0 saturated carbocycles. The van der Waals surface area contributed by atoms with Crippen molar-refractivity contribution in [3.8, 4) is 17.2 Å². The molecule has 3 rings (SSSR count). The second kappa shape index (κ2) is 7.36. The van der Waals surface area contributed by atoms with E-state index in [4.69, 9.17) is 21.1 Å². The topological polar surface area (TPSA) is 69.1 Å². The number of ether oxygens (including phenoxy) is 2. The summed E-state index contributed by atoms with van der Waals surface area (Å²) < 4.78 is 50.3. The van der Waals surface area contributed by atoms with Crippen LogP contribution in [-0.2, 0) is 19.8 Å². The molecule has 27 heavy (non-hydrogen) atoms. The number of aromatic nitrogens is 3. The molecule has 1 aromatic heterocycles. The van der Waals surface area contributed by atoms with E-state index in [0.717, 1.165) is 18.2 Å². The van der Waals surface area contributed by atoms with Gasteiger partial charge in [0.15, 0.2) is 5.82 Å². The Balaban J connectivity index is 1.65. The highest BCUT2D eigenvalue weighted by atomic mass is 35.5. The molecule has 0 aliphatic heterocycles. The fourth-order valence-electron chi connectivity index (χ4n) is 2.15. The zero-order chi connectivity index (χ0) is 19.6. The summed E-state index contributed by atoms with van der Waals surface area (Å²) in [5.74, 6) is 1.40. The molecule has 0 saturated heterocycles. The van der Waals surface area contributed by atoms with Crippen molar-refractivity contribution >= 4 is 11.6 Å². The van der Waals surface area contributed by atoms with Crippen molar-refractivity contribution in [2.45, 2.75) is 12.8 Å². The van der Waals surface area contributed by atoms with Gasteiger partial charge in [-0.1, -0.05) is 11.6 Å². The van der Waals surface area contributed by atoms with Gasteiger partial charge in [-0.2, -0.15) is 18.3 Å². The van der Waals surface area contributed by atoms with Crippen molar-refractivity contribution in [1.29, 1.82) is 0 Å². The van der Waals surface area contributed by atoms with Gasteiger partial charge in [0.1, 0.15) is 23.9 Å². The molecule has 0 fully saturated rings. The molecule has 1 N–H and O–H groups in total. The third kappa shape index (κ3) is 4.43. The van der Waals surface area contributed by atoms with Crippen LogP contribution < -0.4 is 15.2 Å². The summed E-state index contributed by atoms with van der Waals surface area (Å²) in [5, 5.41) is 5.97. The number of nitrogens with one attached hydrogen (secondary N) is 1. The summed E-state index contributed by atoms with van der Waals surface area (Å²) >= 11 is 5.86. The largest absolute Gasteiger partial charge is 0.486 e. The maximum Gasteiger partial charge on any atom is 0.416 e. The molecule has 0 radical (unpaired) electrons. The van der Waals surface area contributed by atoms with Crippen LogP contribution in [-0.4, -0.2) is 14.8 Å². The van der Waals surface area contributed by atoms with Gasteiger partial charge in [-0.05, 0) is 42.5 Å². The van der Waals surface area contributed by atoms with Gasteiger partial charge >= 0.3 is 11.9 Å². The summed E-state index contributed by atoms with van der Waals surface area (Å²) in [6, 6.07) is 9.24. The second-order valence-corrected chi connectivity index (χ2v) is 5.92. The summed E-state index contributed by atoms with van der Waals surface area (Å²) in [6.07, 6.45) is -4.47. The van der Waals surface area contributed by atoms with Gasteiger partial charge in [-0.15, -0.1) is 0 Å². The van der Waals surface area contributed by atoms with E-state index in [1.807, 2.05) is 0 Å². The van der Waals surface area contributed by atoms with E-state index in [1.165, 1.54) is 4.57 Å². The first-order chi connectivity index (χ1) is 12.7. The Hall–Kier alpha value is -2.94. The minimum atomic E-state index is -4.47. The Morgan fingerprint density at radius 3 is 2.37 bits per heavy atom. The Bertz CT molecular complexity index is 997. The number of hydrogen-bond donors (Lipinski definition) is 1. The van der Waals surface area contributed by atoms with Crippen LogP contribution in [0.15, 0.2) is 47.3 Å². The van der Waals surface area contributed by atoms with E-state index in [1.54, 1.807) is 31.3 Å². The Morgan fingerprint density at radius 1 is 1.15 bits per heavy atom. The minimum Gasteiger partial charge on any atom is -0.486 e. The molecule has 6 nitrogen and oxygen atoms in total. The van der Waals surface area contributed by atoms with Crippen molar-refractivity contribution in [2.24, 2.45) is 7.05 Å². The lowest BCUT2D eigenvalue weighted by Crippen LogP contribution is -2.15. The molecule has 1 heterocycles. The van der Waals surface area contributed by atoms with Gasteiger partial charge in [-0.25, -0.2) is 9.89 Å². The standard InChI is InChI=1S/C17H13ClF3N3O3/c1-24-15(22-23-16(24)25)9-26-11-3-5-12(6-4-11)27-14-7-2-10(8-13(14)18)17(19,20)21/h2-8H,9H2,1H3,(H,23,25). The maximum absolute atomic E-state index is 12.7. The van der Waals surface area contributed by atoms with Crippen molar-refractivity contribution < 1.29 is 22.6 Å². The first kappa shape index (κ1) is 18.8. The molecule has 0 unspecified atom stereocenters. The van der Waals surface area contributed by atoms with Crippen LogP contribution in [0, 0.1) is 0 Å². The van der Waals surface area contributed by atoms with Gasteiger partial charge in [0.2, 0.25) is 0 Å². The number of rotatable bonds is 5. The Morgan fingerprint density at radius 2 is 1.81 bits per heavy atom. The van der Waals surface area contributed by atoms with E-state index < -0.39 is 11.7 Å². The number of hydrogen-bond acceptors (Lipinski definition) is 4. The van der Waals surface area contributed by atoms with E-state index in [-0.39, 0.29) is 23.1 Å². The van der Waals surface area contributed by atoms with Crippen LogP contribution in [0.2, 0.25) is 5.02 Å². The summed E-state index contributed by atoms with van der Waals surface area (Å²) in [4.78, 5) is 11.3. The lowest BCUT2D eigenvalue weighted by Gasteiger charge is -2.11. The van der Waals surface area contributed by atoms with Gasteiger partial charge in [0.25, 0.3) is 0 Å². The number of H-pyrrole nitrogens is 1. The number of benzene rings is 2. The predicted molar refractivity (Wildman–Crippen MR) is 91.1 cm³/mol. The molecule has 0 aliphatic rings. The molecular formula is C17H13ClF3N3O3. The number of aromatic amines is 1. The average Bonchev–Trinajstić information content (AvgIpc) is 2.94. The number of alkyl halides is 3. The average molecular weight is 400 g/mol. The van der Waals surface area contributed by atoms with Crippen LogP contribution in [0.1, 0.15) is 11.4 Å². The van der Waals surface area contributed by atoms with E-state index >= 15 is 0 Å². The Labute approximate surface area is 156 Å². The lowest BCUT2D eigenvalue weighted by molar-refractivity contribution is -0.137. The molecule has 0 amide bonds. The smallest absolute Gasteiger partial charge is 0.416 e. The molecule has 142 valence electrons. The summed E-state index contributed by atoms with van der Waals surface area (Å²) in [6.45, 7) is 0.0835. The second-order valence-electron chi connectivity index (χ2n) is 5.51.